The van der Waals surface area contributed by atoms with Gasteiger partial charge >= 0.3 is 0 Å². The first-order valence-corrected chi connectivity index (χ1v) is 8.11. The third-order valence-electron chi connectivity index (χ3n) is 5.31. The maximum atomic E-state index is 12.6. The zero-order valence-electron chi connectivity index (χ0n) is 12.8. The van der Waals surface area contributed by atoms with Gasteiger partial charge in [-0.1, -0.05) is 20.3 Å². The van der Waals surface area contributed by atoms with Gasteiger partial charge in [-0.05, 0) is 51.0 Å². The summed E-state index contributed by atoms with van der Waals surface area (Å²) in [5.74, 6) is 2.22. The third kappa shape index (κ3) is 3.50. The van der Waals surface area contributed by atoms with Gasteiger partial charge in [0.25, 0.3) is 0 Å². The molecule has 2 rings (SSSR count). The Balaban J connectivity index is 1.89. The van der Waals surface area contributed by atoms with Crippen molar-refractivity contribution in [3.8, 4) is 0 Å². The van der Waals surface area contributed by atoms with Gasteiger partial charge in [-0.25, -0.2) is 0 Å². The molecule has 1 saturated heterocycles. The first kappa shape index (κ1) is 14.8. The highest BCUT2D eigenvalue weighted by atomic mass is 16.2. The molecule has 0 aromatic heterocycles. The second-order valence-corrected chi connectivity index (χ2v) is 6.59. The molecule has 0 aromatic carbocycles. The van der Waals surface area contributed by atoms with Crippen molar-refractivity contribution in [2.45, 2.75) is 58.4 Å². The van der Waals surface area contributed by atoms with Crippen LogP contribution in [0.2, 0.25) is 0 Å². The maximum Gasteiger partial charge on any atom is 0.225 e. The first-order chi connectivity index (χ1) is 9.15. The number of likely N-dealkylation sites (tertiary alicyclic amines) is 1. The number of hydrogen-bond donors (Lipinski definition) is 1. The van der Waals surface area contributed by atoms with Crippen LogP contribution in [0.15, 0.2) is 0 Å². The molecule has 2 fully saturated rings. The summed E-state index contributed by atoms with van der Waals surface area (Å²) in [6.07, 6.45) is 6.98. The Morgan fingerprint density at radius 1 is 1.21 bits per heavy atom. The Morgan fingerprint density at radius 3 is 2.47 bits per heavy atom. The van der Waals surface area contributed by atoms with Crippen molar-refractivity contribution in [3.63, 3.8) is 0 Å². The van der Waals surface area contributed by atoms with E-state index in [1.807, 2.05) is 7.05 Å². The van der Waals surface area contributed by atoms with E-state index in [1.165, 1.54) is 12.8 Å². The summed E-state index contributed by atoms with van der Waals surface area (Å²) < 4.78 is 0. The van der Waals surface area contributed by atoms with Crippen LogP contribution >= 0.6 is 0 Å². The number of carbonyl (C=O) groups excluding carboxylic acids is 1. The summed E-state index contributed by atoms with van der Waals surface area (Å²) >= 11 is 0. The standard InChI is InChI=1S/C16H30N2O/c1-4-13-11-18(10-9-15(13)17-3)16(19)14-7-5-12(2)6-8-14/h12-15,17H,4-11H2,1-3H3. The molecule has 0 aromatic rings. The van der Waals surface area contributed by atoms with Gasteiger partial charge in [0.15, 0.2) is 0 Å². The fraction of sp³-hybridized carbons (Fsp3) is 0.938. The van der Waals surface area contributed by atoms with Crippen LogP contribution in [0.5, 0.6) is 0 Å². The van der Waals surface area contributed by atoms with E-state index in [2.05, 4.69) is 24.1 Å². The summed E-state index contributed by atoms with van der Waals surface area (Å²) in [6.45, 7) is 6.47. The summed E-state index contributed by atoms with van der Waals surface area (Å²) in [5.41, 5.74) is 0. The summed E-state index contributed by atoms with van der Waals surface area (Å²) in [5, 5.41) is 3.41. The number of hydrogen-bond acceptors (Lipinski definition) is 2. The minimum absolute atomic E-state index is 0.319. The van der Waals surface area contributed by atoms with Crippen molar-refractivity contribution >= 4 is 5.91 Å². The maximum absolute atomic E-state index is 12.6. The topological polar surface area (TPSA) is 32.3 Å². The van der Waals surface area contributed by atoms with Gasteiger partial charge in [-0.2, -0.15) is 0 Å². The highest BCUT2D eigenvalue weighted by Gasteiger charge is 2.33. The molecule has 1 aliphatic carbocycles. The molecule has 0 spiro atoms. The fourth-order valence-electron chi connectivity index (χ4n) is 3.79. The molecular formula is C16H30N2O. The van der Waals surface area contributed by atoms with Crippen molar-refractivity contribution in [2.24, 2.45) is 17.8 Å². The molecule has 3 heteroatoms. The number of amides is 1. The molecule has 1 heterocycles. The van der Waals surface area contributed by atoms with Crippen LogP contribution < -0.4 is 5.32 Å². The van der Waals surface area contributed by atoms with E-state index >= 15 is 0 Å². The number of nitrogens with zero attached hydrogens (tertiary/aromatic N) is 1. The summed E-state index contributed by atoms with van der Waals surface area (Å²) in [4.78, 5) is 14.8. The number of piperidine rings is 1. The predicted octanol–water partition coefficient (Wildman–Crippen LogP) is 2.66. The fourth-order valence-corrected chi connectivity index (χ4v) is 3.79. The predicted molar refractivity (Wildman–Crippen MR) is 78.9 cm³/mol. The smallest absolute Gasteiger partial charge is 0.225 e. The van der Waals surface area contributed by atoms with Crippen LogP contribution in [-0.2, 0) is 4.79 Å². The average molecular weight is 266 g/mol. The Hall–Kier alpha value is -0.570. The Labute approximate surface area is 118 Å². The van der Waals surface area contributed by atoms with Crippen molar-refractivity contribution in [2.75, 3.05) is 20.1 Å². The van der Waals surface area contributed by atoms with E-state index in [9.17, 15) is 4.79 Å². The van der Waals surface area contributed by atoms with Crippen LogP contribution in [0.25, 0.3) is 0 Å². The third-order valence-corrected chi connectivity index (χ3v) is 5.31. The molecule has 2 unspecified atom stereocenters. The lowest BCUT2D eigenvalue weighted by molar-refractivity contribution is -0.139. The molecule has 2 atom stereocenters. The number of rotatable bonds is 3. The number of carbonyl (C=O) groups is 1. The van der Waals surface area contributed by atoms with Crippen molar-refractivity contribution in [1.29, 1.82) is 0 Å². The van der Waals surface area contributed by atoms with E-state index in [0.29, 0.717) is 23.8 Å². The zero-order valence-corrected chi connectivity index (χ0v) is 12.8. The molecule has 0 bridgehead atoms. The van der Waals surface area contributed by atoms with Gasteiger partial charge < -0.3 is 10.2 Å². The van der Waals surface area contributed by atoms with Crippen LogP contribution in [0.4, 0.5) is 0 Å². The lowest BCUT2D eigenvalue weighted by Gasteiger charge is -2.40. The summed E-state index contributed by atoms with van der Waals surface area (Å²) in [7, 11) is 2.05. The Bertz CT molecular complexity index is 297. The summed E-state index contributed by atoms with van der Waals surface area (Å²) in [6, 6.07) is 0.598. The van der Waals surface area contributed by atoms with Crippen molar-refractivity contribution in [3.05, 3.63) is 0 Å². The Kier molecular flexibility index (Phi) is 5.26. The minimum atomic E-state index is 0.319. The lowest BCUT2D eigenvalue weighted by Crippen LogP contribution is -2.51. The highest BCUT2D eigenvalue weighted by Crippen LogP contribution is 2.31. The van der Waals surface area contributed by atoms with E-state index in [-0.39, 0.29) is 0 Å². The molecule has 1 saturated carbocycles. The van der Waals surface area contributed by atoms with E-state index in [1.54, 1.807) is 0 Å². The molecule has 1 amide bonds. The largest absolute Gasteiger partial charge is 0.342 e. The average Bonchev–Trinajstić information content (AvgIpc) is 2.46. The van der Waals surface area contributed by atoms with Crippen LogP contribution in [0.1, 0.15) is 52.4 Å². The van der Waals surface area contributed by atoms with Crippen LogP contribution in [0.3, 0.4) is 0 Å². The van der Waals surface area contributed by atoms with Gasteiger partial charge in [0, 0.05) is 25.0 Å². The minimum Gasteiger partial charge on any atom is -0.342 e. The van der Waals surface area contributed by atoms with Gasteiger partial charge in [0.2, 0.25) is 5.91 Å². The Morgan fingerprint density at radius 2 is 1.89 bits per heavy atom. The van der Waals surface area contributed by atoms with Crippen LogP contribution in [0, 0.1) is 17.8 Å². The molecular weight excluding hydrogens is 236 g/mol. The zero-order chi connectivity index (χ0) is 13.8. The van der Waals surface area contributed by atoms with E-state index in [4.69, 9.17) is 0 Å². The second-order valence-electron chi connectivity index (χ2n) is 6.59. The second kappa shape index (κ2) is 6.74. The van der Waals surface area contributed by atoms with Gasteiger partial charge in [0.1, 0.15) is 0 Å². The van der Waals surface area contributed by atoms with Gasteiger partial charge in [-0.15, -0.1) is 0 Å². The van der Waals surface area contributed by atoms with E-state index in [0.717, 1.165) is 44.7 Å². The molecule has 1 N–H and O–H groups in total. The van der Waals surface area contributed by atoms with Gasteiger partial charge in [0.05, 0.1) is 0 Å². The molecule has 110 valence electrons. The monoisotopic (exact) mass is 266 g/mol. The highest BCUT2D eigenvalue weighted by molar-refractivity contribution is 5.79. The molecule has 3 nitrogen and oxygen atoms in total. The molecule has 1 aliphatic heterocycles. The van der Waals surface area contributed by atoms with Crippen molar-refractivity contribution < 1.29 is 4.79 Å². The first-order valence-electron chi connectivity index (χ1n) is 8.11. The van der Waals surface area contributed by atoms with Crippen LogP contribution in [-0.4, -0.2) is 37.0 Å². The lowest BCUT2D eigenvalue weighted by atomic mass is 9.81. The SMILES string of the molecule is CCC1CN(C(=O)C2CCC(C)CC2)CCC1NC. The van der Waals surface area contributed by atoms with Crippen molar-refractivity contribution in [1.82, 2.24) is 10.2 Å². The quantitative estimate of drug-likeness (QED) is 0.852. The molecule has 2 aliphatic rings. The number of nitrogens with one attached hydrogen (secondary N) is 1. The normalized spacial score (nSPS) is 36.3. The molecule has 0 radical (unpaired) electrons. The molecule has 19 heavy (non-hydrogen) atoms. The van der Waals surface area contributed by atoms with Gasteiger partial charge in [-0.3, -0.25) is 4.79 Å². The van der Waals surface area contributed by atoms with E-state index < -0.39 is 0 Å².